The first-order valence-electron chi connectivity index (χ1n) is 8.02. The molecular formula is C18H20F2N2O3S. The van der Waals surface area contributed by atoms with Gasteiger partial charge in [-0.3, -0.25) is 9.10 Å². The smallest absolute Gasteiger partial charge is 0.232 e. The molecule has 0 radical (unpaired) electrons. The number of nitrogens with zero attached hydrogens (tertiary/aromatic N) is 1. The van der Waals surface area contributed by atoms with Gasteiger partial charge >= 0.3 is 0 Å². The maximum atomic E-state index is 13.9. The maximum Gasteiger partial charge on any atom is 0.232 e. The normalized spacial score (nSPS) is 11.2. The molecule has 5 nitrogen and oxygen atoms in total. The highest BCUT2D eigenvalue weighted by Crippen LogP contribution is 2.23. The van der Waals surface area contributed by atoms with Gasteiger partial charge < -0.3 is 5.32 Å². The van der Waals surface area contributed by atoms with Gasteiger partial charge in [-0.25, -0.2) is 17.2 Å². The third-order valence-corrected chi connectivity index (χ3v) is 4.95. The van der Waals surface area contributed by atoms with E-state index in [2.05, 4.69) is 5.32 Å². The zero-order valence-electron chi connectivity index (χ0n) is 14.5. The van der Waals surface area contributed by atoms with Crippen LogP contribution in [0.5, 0.6) is 0 Å². The van der Waals surface area contributed by atoms with E-state index in [4.69, 9.17) is 0 Å². The predicted octanol–water partition coefficient (Wildman–Crippen LogP) is 3.32. The number of sulfonamides is 1. The molecule has 0 aliphatic heterocycles. The van der Waals surface area contributed by atoms with Crippen LogP contribution in [0.1, 0.15) is 18.9 Å². The van der Waals surface area contributed by atoms with E-state index >= 15 is 0 Å². The summed E-state index contributed by atoms with van der Waals surface area (Å²) in [4.78, 5) is 12.1. The van der Waals surface area contributed by atoms with Gasteiger partial charge in [0.1, 0.15) is 11.6 Å². The minimum Gasteiger partial charge on any atom is -0.326 e. The van der Waals surface area contributed by atoms with Gasteiger partial charge in [0.05, 0.1) is 11.9 Å². The largest absolute Gasteiger partial charge is 0.326 e. The number of carbonyl (C=O) groups excluding carboxylic acids is 1. The topological polar surface area (TPSA) is 66.5 Å². The number of anilines is 2. The number of aryl methyl sites for hydroxylation is 1. The lowest BCUT2D eigenvalue weighted by atomic mass is 10.1. The predicted molar refractivity (Wildman–Crippen MR) is 97.6 cm³/mol. The van der Waals surface area contributed by atoms with E-state index in [1.165, 1.54) is 0 Å². The molecule has 0 fully saturated rings. The third-order valence-electron chi connectivity index (χ3n) is 3.77. The first-order valence-corrected chi connectivity index (χ1v) is 9.87. The van der Waals surface area contributed by atoms with Crippen molar-refractivity contribution in [1.82, 2.24) is 0 Å². The average Bonchev–Trinajstić information content (AvgIpc) is 2.56. The second-order valence-corrected chi connectivity index (χ2v) is 7.69. The highest BCUT2D eigenvalue weighted by molar-refractivity contribution is 7.92. The molecule has 2 rings (SSSR count). The molecule has 1 amide bonds. The molecule has 0 unspecified atom stereocenters. The van der Waals surface area contributed by atoms with Crippen molar-refractivity contribution in [2.24, 2.45) is 0 Å². The fourth-order valence-electron chi connectivity index (χ4n) is 2.40. The molecule has 0 heterocycles. The van der Waals surface area contributed by atoms with Gasteiger partial charge in [0.25, 0.3) is 0 Å². The second kappa shape index (κ2) is 8.27. The summed E-state index contributed by atoms with van der Waals surface area (Å²) in [5.74, 6) is -2.23. The summed E-state index contributed by atoms with van der Waals surface area (Å²) >= 11 is 0. The fraction of sp³-hybridized carbons (Fsp3) is 0.278. The second-order valence-electron chi connectivity index (χ2n) is 5.78. The highest BCUT2D eigenvalue weighted by atomic mass is 32.2. The summed E-state index contributed by atoms with van der Waals surface area (Å²) in [6.07, 6.45) is 1.59. The molecule has 1 N–H and O–H groups in total. The number of hydrogen-bond donors (Lipinski definition) is 1. The molecule has 0 aliphatic carbocycles. The van der Waals surface area contributed by atoms with Crippen molar-refractivity contribution in [3.63, 3.8) is 0 Å². The van der Waals surface area contributed by atoms with E-state index in [1.807, 2.05) is 19.1 Å². The van der Waals surface area contributed by atoms with E-state index in [-0.39, 0.29) is 18.7 Å². The van der Waals surface area contributed by atoms with Crippen LogP contribution < -0.4 is 9.62 Å². The van der Waals surface area contributed by atoms with Crippen LogP contribution in [0.15, 0.2) is 42.5 Å². The van der Waals surface area contributed by atoms with Crippen molar-refractivity contribution in [3.05, 3.63) is 59.7 Å². The molecule has 0 saturated carbocycles. The van der Waals surface area contributed by atoms with Crippen molar-refractivity contribution in [1.29, 1.82) is 0 Å². The van der Waals surface area contributed by atoms with E-state index in [0.29, 0.717) is 11.8 Å². The average molecular weight is 382 g/mol. The van der Waals surface area contributed by atoms with Gasteiger partial charge in [-0.1, -0.05) is 19.1 Å². The zero-order chi connectivity index (χ0) is 19.3. The van der Waals surface area contributed by atoms with Crippen LogP contribution in [0.2, 0.25) is 0 Å². The first kappa shape index (κ1) is 19.8. The summed E-state index contributed by atoms with van der Waals surface area (Å²) < 4.78 is 51.6. The summed E-state index contributed by atoms with van der Waals surface area (Å²) in [6.45, 7) is 1.75. The van der Waals surface area contributed by atoms with Crippen LogP contribution in [0.4, 0.5) is 20.2 Å². The summed E-state index contributed by atoms with van der Waals surface area (Å²) in [6, 6.07) is 9.87. The minimum atomic E-state index is -3.84. The molecule has 0 bridgehead atoms. The van der Waals surface area contributed by atoms with Gasteiger partial charge in [-0.2, -0.15) is 0 Å². The van der Waals surface area contributed by atoms with E-state index in [9.17, 15) is 22.0 Å². The highest BCUT2D eigenvalue weighted by Gasteiger charge is 2.22. The summed E-state index contributed by atoms with van der Waals surface area (Å²) in [5, 5.41) is 2.66. The number of amides is 1. The van der Waals surface area contributed by atoms with Gasteiger partial charge in [-0.15, -0.1) is 0 Å². The van der Waals surface area contributed by atoms with Crippen molar-refractivity contribution in [3.8, 4) is 0 Å². The lowest BCUT2D eigenvalue weighted by Gasteiger charge is -2.22. The molecule has 0 aromatic heterocycles. The van der Waals surface area contributed by atoms with Crippen LogP contribution in [-0.2, 0) is 21.2 Å². The third kappa shape index (κ3) is 5.26. The number of carbonyl (C=O) groups is 1. The quantitative estimate of drug-likeness (QED) is 0.799. The zero-order valence-corrected chi connectivity index (χ0v) is 15.3. The van der Waals surface area contributed by atoms with Crippen molar-refractivity contribution < 1.29 is 22.0 Å². The number of halogens is 2. The van der Waals surface area contributed by atoms with Crippen molar-refractivity contribution in [2.45, 2.75) is 19.8 Å². The summed E-state index contributed by atoms with van der Waals surface area (Å²) in [7, 11) is -3.84. The monoisotopic (exact) mass is 382 g/mol. The molecular weight excluding hydrogens is 362 g/mol. The minimum absolute atomic E-state index is 0.181. The van der Waals surface area contributed by atoms with Crippen molar-refractivity contribution >= 4 is 27.3 Å². The molecule has 0 aliphatic rings. The SMILES string of the molecule is CCc1ccc(NC(=O)CCN(c2ccc(F)cc2F)S(C)(=O)=O)cc1. The molecule has 0 saturated heterocycles. The lowest BCUT2D eigenvalue weighted by Crippen LogP contribution is -2.33. The Morgan fingerprint density at radius 2 is 1.77 bits per heavy atom. The molecule has 0 spiro atoms. The Balaban J connectivity index is 2.08. The molecule has 140 valence electrons. The molecule has 8 heteroatoms. The van der Waals surface area contributed by atoms with Gasteiger partial charge in [0, 0.05) is 24.7 Å². The van der Waals surface area contributed by atoms with Crippen LogP contribution in [0.25, 0.3) is 0 Å². The Morgan fingerprint density at radius 1 is 1.12 bits per heavy atom. The maximum absolute atomic E-state index is 13.9. The lowest BCUT2D eigenvalue weighted by molar-refractivity contribution is -0.116. The molecule has 26 heavy (non-hydrogen) atoms. The van der Waals surface area contributed by atoms with Crippen LogP contribution in [-0.4, -0.2) is 27.1 Å². The molecule has 0 atom stereocenters. The first-order chi connectivity index (χ1) is 12.2. The number of rotatable bonds is 7. The van der Waals surface area contributed by atoms with Crippen LogP contribution >= 0.6 is 0 Å². The number of benzene rings is 2. The van der Waals surface area contributed by atoms with Gasteiger partial charge in [0.2, 0.25) is 15.9 Å². The van der Waals surface area contributed by atoms with Gasteiger partial charge in [-0.05, 0) is 36.2 Å². The van der Waals surface area contributed by atoms with Gasteiger partial charge in [0.15, 0.2) is 0 Å². The summed E-state index contributed by atoms with van der Waals surface area (Å²) in [5.41, 5.74) is 1.41. The Kier molecular flexibility index (Phi) is 6.31. The standard InChI is InChI=1S/C18H20F2N2O3S/c1-3-13-4-7-15(8-5-13)21-18(23)10-11-22(26(2,24)25)17-9-6-14(19)12-16(17)20/h4-9,12H,3,10-11H2,1-2H3,(H,21,23). The Labute approximate surface area is 151 Å². The Morgan fingerprint density at radius 3 is 2.31 bits per heavy atom. The number of hydrogen-bond acceptors (Lipinski definition) is 3. The van der Waals surface area contributed by atoms with Crippen LogP contribution in [0, 0.1) is 11.6 Å². The van der Waals surface area contributed by atoms with E-state index in [1.54, 1.807) is 12.1 Å². The Hall–Kier alpha value is -2.48. The fourth-order valence-corrected chi connectivity index (χ4v) is 3.33. The number of nitrogens with one attached hydrogen (secondary N) is 1. The molecule has 2 aromatic carbocycles. The van der Waals surface area contributed by atoms with Crippen LogP contribution in [0.3, 0.4) is 0 Å². The Bertz CT molecular complexity index is 884. The molecule has 2 aromatic rings. The van der Waals surface area contributed by atoms with E-state index < -0.39 is 27.6 Å². The van der Waals surface area contributed by atoms with E-state index in [0.717, 1.165) is 34.7 Å². The van der Waals surface area contributed by atoms with Crippen molar-refractivity contribution in [2.75, 3.05) is 22.4 Å².